The van der Waals surface area contributed by atoms with E-state index in [1.165, 1.54) is 19.3 Å². The van der Waals surface area contributed by atoms with Gasteiger partial charge in [0.1, 0.15) is 5.69 Å². The summed E-state index contributed by atoms with van der Waals surface area (Å²) in [4.78, 5) is 24.1. The van der Waals surface area contributed by atoms with E-state index in [1.807, 2.05) is 6.92 Å². The maximum absolute atomic E-state index is 4.57. The van der Waals surface area contributed by atoms with Crippen LogP contribution in [0.1, 0.15) is 26.2 Å². The lowest BCUT2D eigenvalue weighted by molar-refractivity contribution is 0.568. The second kappa shape index (κ2) is 6.43. The third-order valence-corrected chi connectivity index (χ3v) is 3.39. The average molecular weight is 285 g/mol. The van der Waals surface area contributed by atoms with E-state index in [-0.39, 0.29) is 0 Å². The van der Waals surface area contributed by atoms with Crippen LogP contribution in [0.3, 0.4) is 0 Å². The van der Waals surface area contributed by atoms with Gasteiger partial charge in [-0.25, -0.2) is 4.98 Å². The van der Waals surface area contributed by atoms with Crippen LogP contribution in [0, 0.1) is 0 Å². The van der Waals surface area contributed by atoms with Crippen LogP contribution in [0.5, 0.6) is 0 Å². The van der Waals surface area contributed by atoms with Crippen molar-refractivity contribution >= 4 is 11.9 Å². The van der Waals surface area contributed by atoms with Gasteiger partial charge in [0.25, 0.3) is 0 Å². The van der Waals surface area contributed by atoms with Crippen molar-refractivity contribution in [1.82, 2.24) is 24.9 Å². The molecule has 3 heterocycles. The third-order valence-electron chi connectivity index (χ3n) is 3.39. The largest absolute Gasteiger partial charge is 0.354 e. The Labute approximate surface area is 123 Å². The minimum absolute atomic E-state index is 0.564. The molecule has 1 fully saturated rings. The molecule has 0 atom stereocenters. The van der Waals surface area contributed by atoms with E-state index in [1.54, 1.807) is 18.6 Å². The van der Waals surface area contributed by atoms with Crippen molar-refractivity contribution in [2.75, 3.05) is 29.9 Å². The van der Waals surface area contributed by atoms with E-state index >= 15 is 0 Å². The summed E-state index contributed by atoms with van der Waals surface area (Å²) in [5.41, 5.74) is 0.664. The van der Waals surface area contributed by atoms with E-state index in [9.17, 15) is 0 Å². The summed E-state index contributed by atoms with van der Waals surface area (Å²) in [6.07, 6.45) is 8.60. The third kappa shape index (κ3) is 3.24. The molecular formula is C14H19N7. The minimum Gasteiger partial charge on any atom is -0.354 e. The summed E-state index contributed by atoms with van der Waals surface area (Å²) in [5, 5.41) is 3.16. The summed E-state index contributed by atoms with van der Waals surface area (Å²) < 4.78 is 0. The Balaban J connectivity index is 1.97. The van der Waals surface area contributed by atoms with Gasteiger partial charge in [-0.15, -0.1) is 0 Å². The van der Waals surface area contributed by atoms with Crippen molar-refractivity contribution in [3.8, 4) is 11.5 Å². The highest BCUT2D eigenvalue weighted by molar-refractivity contribution is 5.52. The zero-order chi connectivity index (χ0) is 14.5. The average Bonchev–Trinajstić information content (AvgIpc) is 2.56. The number of nitrogens with one attached hydrogen (secondary N) is 1. The highest BCUT2D eigenvalue weighted by atomic mass is 15.3. The number of nitrogens with zero attached hydrogens (tertiary/aromatic N) is 6. The Hall–Kier alpha value is -2.31. The summed E-state index contributed by atoms with van der Waals surface area (Å²) in [5.74, 6) is 1.88. The van der Waals surface area contributed by atoms with Crippen LogP contribution in [0.15, 0.2) is 18.6 Å². The number of anilines is 2. The molecule has 3 rings (SSSR count). The van der Waals surface area contributed by atoms with Crippen LogP contribution in [-0.2, 0) is 0 Å². The van der Waals surface area contributed by atoms with Crippen LogP contribution in [0.2, 0.25) is 0 Å². The number of aromatic nitrogens is 5. The number of piperidine rings is 1. The molecule has 1 aliphatic rings. The van der Waals surface area contributed by atoms with E-state index < -0.39 is 0 Å². The van der Waals surface area contributed by atoms with Gasteiger partial charge in [-0.05, 0) is 26.2 Å². The first-order chi connectivity index (χ1) is 10.4. The van der Waals surface area contributed by atoms with Gasteiger partial charge < -0.3 is 10.2 Å². The minimum atomic E-state index is 0.564. The molecule has 21 heavy (non-hydrogen) atoms. The molecule has 1 N–H and O–H groups in total. The predicted octanol–water partition coefficient (Wildman–Crippen LogP) is 1.75. The zero-order valence-electron chi connectivity index (χ0n) is 12.2. The summed E-state index contributed by atoms with van der Waals surface area (Å²) in [6, 6.07) is 0. The fourth-order valence-corrected chi connectivity index (χ4v) is 2.37. The first kappa shape index (κ1) is 13.7. The summed E-state index contributed by atoms with van der Waals surface area (Å²) in [6.45, 7) is 4.78. The lowest BCUT2D eigenvalue weighted by Crippen LogP contribution is -2.31. The van der Waals surface area contributed by atoms with Gasteiger partial charge >= 0.3 is 0 Å². The maximum Gasteiger partial charge on any atom is 0.230 e. The second-order valence-corrected chi connectivity index (χ2v) is 4.95. The maximum atomic E-state index is 4.57. The lowest BCUT2D eigenvalue weighted by atomic mass is 10.1. The quantitative estimate of drug-likeness (QED) is 0.916. The summed E-state index contributed by atoms with van der Waals surface area (Å²) in [7, 11) is 0. The molecule has 2 aromatic rings. The first-order valence-corrected chi connectivity index (χ1v) is 7.38. The van der Waals surface area contributed by atoms with Crippen LogP contribution in [0.25, 0.3) is 11.5 Å². The molecule has 1 saturated heterocycles. The molecule has 0 saturated carbocycles. The summed E-state index contributed by atoms with van der Waals surface area (Å²) >= 11 is 0. The smallest absolute Gasteiger partial charge is 0.230 e. The first-order valence-electron chi connectivity index (χ1n) is 7.38. The molecule has 0 amide bonds. The van der Waals surface area contributed by atoms with Crippen molar-refractivity contribution in [2.24, 2.45) is 0 Å². The van der Waals surface area contributed by atoms with E-state index in [4.69, 9.17) is 0 Å². The fraction of sp³-hybridized carbons (Fsp3) is 0.500. The van der Waals surface area contributed by atoms with E-state index in [0.717, 1.165) is 25.6 Å². The van der Waals surface area contributed by atoms with E-state index in [2.05, 4.69) is 35.1 Å². The van der Waals surface area contributed by atoms with Gasteiger partial charge in [-0.2, -0.15) is 15.0 Å². The molecule has 0 unspecified atom stereocenters. The number of hydrogen-bond donors (Lipinski definition) is 1. The Morgan fingerprint density at radius 1 is 1.10 bits per heavy atom. The van der Waals surface area contributed by atoms with Gasteiger partial charge in [0, 0.05) is 32.0 Å². The molecule has 2 aromatic heterocycles. The highest BCUT2D eigenvalue weighted by Crippen LogP contribution is 2.20. The Morgan fingerprint density at radius 2 is 1.95 bits per heavy atom. The van der Waals surface area contributed by atoms with Crippen LogP contribution in [0.4, 0.5) is 11.9 Å². The fourth-order valence-electron chi connectivity index (χ4n) is 2.37. The SMILES string of the molecule is CCNc1nc(-c2cnccn2)nc(N2CCCCC2)n1. The molecule has 0 radical (unpaired) electrons. The van der Waals surface area contributed by atoms with Crippen molar-refractivity contribution in [2.45, 2.75) is 26.2 Å². The molecule has 0 aliphatic carbocycles. The van der Waals surface area contributed by atoms with Crippen molar-refractivity contribution in [1.29, 1.82) is 0 Å². The van der Waals surface area contributed by atoms with Crippen molar-refractivity contribution in [3.63, 3.8) is 0 Å². The van der Waals surface area contributed by atoms with Gasteiger partial charge in [0.2, 0.25) is 11.9 Å². The van der Waals surface area contributed by atoms with Gasteiger partial charge in [0.05, 0.1) is 6.20 Å². The van der Waals surface area contributed by atoms with Gasteiger partial charge in [-0.1, -0.05) is 0 Å². The zero-order valence-corrected chi connectivity index (χ0v) is 12.2. The predicted molar refractivity (Wildman–Crippen MR) is 81.1 cm³/mol. The Kier molecular flexibility index (Phi) is 4.18. The Morgan fingerprint density at radius 3 is 2.67 bits per heavy atom. The van der Waals surface area contributed by atoms with Gasteiger partial charge in [0.15, 0.2) is 5.82 Å². The van der Waals surface area contributed by atoms with Crippen LogP contribution >= 0.6 is 0 Å². The molecule has 110 valence electrons. The Bertz CT molecular complexity index is 581. The van der Waals surface area contributed by atoms with Gasteiger partial charge in [-0.3, -0.25) is 4.98 Å². The standard InChI is InChI=1S/C14H19N7/c1-2-16-13-18-12(11-10-15-6-7-17-11)19-14(20-13)21-8-4-3-5-9-21/h6-7,10H,2-5,8-9H2,1H3,(H,16,18,19,20). The molecule has 7 nitrogen and oxygen atoms in total. The normalized spacial score (nSPS) is 15.0. The number of rotatable bonds is 4. The van der Waals surface area contributed by atoms with Crippen molar-refractivity contribution in [3.05, 3.63) is 18.6 Å². The number of hydrogen-bond acceptors (Lipinski definition) is 7. The highest BCUT2D eigenvalue weighted by Gasteiger charge is 2.17. The molecule has 0 bridgehead atoms. The molecule has 1 aliphatic heterocycles. The molecule has 7 heteroatoms. The monoisotopic (exact) mass is 285 g/mol. The van der Waals surface area contributed by atoms with Crippen LogP contribution < -0.4 is 10.2 Å². The van der Waals surface area contributed by atoms with E-state index in [0.29, 0.717) is 17.5 Å². The van der Waals surface area contributed by atoms with Crippen molar-refractivity contribution < 1.29 is 0 Å². The molecule has 0 spiro atoms. The topological polar surface area (TPSA) is 79.7 Å². The molecular weight excluding hydrogens is 266 g/mol. The molecule has 0 aromatic carbocycles. The second-order valence-electron chi connectivity index (χ2n) is 4.95. The van der Waals surface area contributed by atoms with Crippen LogP contribution in [-0.4, -0.2) is 44.6 Å². The lowest BCUT2D eigenvalue weighted by Gasteiger charge is -2.26.